The van der Waals surface area contributed by atoms with E-state index in [4.69, 9.17) is 4.98 Å². The van der Waals surface area contributed by atoms with Crippen molar-refractivity contribution in [2.75, 3.05) is 5.75 Å². The van der Waals surface area contributed by atoms with Crippen molar-refractivity contribution in [3.05, 3.63) is 56.7 Å². The monoisotopic (exact) mass is 440 g/mol. The highest BCUT2D eigenvalue weighted by molar-refractivity contribution is 7.99. The van der Waals surface area contributed by atoms with Crippen LogP contribution in [-0.4, -0.2) is 15.3 Å². The van der Waals surface area contributed by atoms with Crippen molar-refractivity contribution in [1.29, 1.82) is 0 Å². The molecule has 0 saturated heterocycles. The number of rotatable bonds is 6. The molecular weight excluding hydrogens is 408 g/mol. The van der Waals surface area contributed by atoms with Gasteiger partial charge in [-0.3, -0.25) is 9.36 Å². The van der Waals surface area contributed by atoms with E-state index in [1.807, 2.05) is 22.8 Å². The summed E-state index contributed by atoms with van der Waals surface area (Å²) in [4.78, 5) is 21.1. The average molecular weight is 441 g/mol. The van der Waals surface area contributed by atoms with E-state index < -0.39 is 0 Å². The molecule has 0 unspecified atom stereocenters. The Bertz CT molecular complexity index is 1080. The maximum absolute atomic E-state index is 13.7. The molecule has 4 rings (SSSR count). The third kappa shape index (κ3) is 4.38. The van der Waals surface area contributed by atoms with Crippen molar-refractivity contribution in [3.8, 4) is 0 Å². The fourth-order valence-corrected chi connectivity index (χ4v) is 6.72. The van der Waals surface area contributed by atoms with Gasteiger partial charge in [-0.15, -0.1) is 11.3 Å². The minimum Gasteiger partial charge on any atom is -0.283 e. The predicted octanol–water partition coefficient (Wildman–Crippen LogP) is 6.55. The summed E-state index contributed by atoms with van der Waals surface area (Å²) in [5.41, 5.74) is 2.88. The molecule has 0 saturated carbocycles. The number of thiophene rings is 1. The van der Waals surface area contributed by atoms with Crippen molar-refractivity contribution in [2.24, 2.45) is 11.3 Å². The highest BCUT2D eigenvalue weighted by Crippen LogP contribution is 2.42. The minimum atomic E-state index is 0.148. The number of aryl methyl sites for hydroxylation is 1. The zero-order valence-electron chi connectivity index (χ0n) is 18.5. The Labute approximate surface area is 187 Å². The molecule has 160 valence electrons. The van der Waals surface area contributed by atoms with E-state index in [1.54, 1.807) is 23.1 Å². The summed E-state index contributed by atoms with van der Waals surface area (Å²) in [6.45, 7) is 9.80. The van der Waals surface area contributed by atoms with E-state index in [2.05, 4.69) is 39.8 Å². The Morgan fingerprint density at radius 1 is 1.23 bits per heavy atom. The summed E-state index contributed by atoms with van der Waals surface area (Å²) in [7, 11) is 0. The number of thioether (sulfide) groups is 1. The van der Waals surface area contributed by atoms with Crippen molar-refractivity contribution in [1.82, 2.24) is 9.55 Å². The molecule has 0 amide bonds. The normalized spacial score (nSPS) is 16.7. The maximum Gasteiger partial charge on any atom is 0.263 e. The van der Waals surface area contributed by atoms with Gasteiger partial charge in [-0.1, -0.05) is 76.2 Å². The number of fused-ring (bicyclic) bond motifs is 3. The molecule has 0 N–H and O–H groups in total. The lowest BCUT2D eigenvalue weighted by molar-refractivity contribution is 0.218. The van der Waals surface area contributed by atoms with Crippen LogP contribution in [0.25, 0.3) is 10.2 Å². The van der Waals surface area contributed by atoms with Gasteiger partial charge in [0.25, 0.3) is 5.56 Å². The molecule has 0 radical (unpaired) electrons. The van der Waals surface area contributed by atoms with Crippen LogP contribution in [0.15, 0.2) is 40.3 Å². The quantitative estimate of drug-likeness (QED) is 0.248. The topological polar surface area (TPSA) is 34.9 Å². The molecule has 0 spiro atoms. The number of unbranched alkanes of at least 4 members (excludes halogenated alkanes) is 1. The largest absolute Gasteiger partial charge is 0.283 e. The van der Waals surface area contributed by atoms with Crippen LogP contribution in [0.1, 0.15) is 63.0 Å². The number of nitrogens with zero attached hydrogens (tertiary/aromatic N) is 2. The molecule has 2 aromatic heterocycles. The second-order valence-corrected chi connectivity index (χ2v) is 11.6. The van der Waals surface area contributed by atoms with Gasteiger partial charge in [-0.2, -0.15) is 0 Å². The molecule has 1 aromatic carbocycles. The van der Waals surface area contributed by atoms with Crippen molar-refractivity contribution in [3.63, 3.8) is 0 Å². The summed E-state index contributed by atoms with van der Waals surface area (Å²) in [6, 6.07) is 10.3. The first-order chi connectivity index (χ1) is 14.4. The van der Waals surface area contributed by atoms with Gasteiger partial charge in [0.2, 0.25) is 0 Å². The minimum absolute atomic E-state index is 0.148. The summed E-state index contributed by atoms with van der Waals surface area (Å²) in [5, 5.41) is 1.76. The lowest BCUT2D eigenvalue weighted by Crippen LogP contribution is -2.27. The fourth-order valence-electron chi connectivity index (χ4n) is 4.30. The van der Waals surface area contributed by atoms with Gasteiger partial charge in [-0.25, -0.2) is 4.98 Å². The van der Waals surface area contributed by atoms with Gasteiger partial charge in [0.15, 0.2) is 5.16 Å². The van der Waals surface area contributed by atoms with E-state index >= 15 is 0 Å². The van der Waals surface area contributed by atoms with Crippen LogP contribution >= 0.6 is 23.1 Å². The summed E-state index contributed by atoms with van der Waals surface area (Å²) >= 11 is 3.49. The molecule has 0 bridgehead atoms. The first-order valence-corrected chi connectivity index (χ1v) is 12.9. The Hall–Kier alpha value is -1.59. The lowest BCUT2D eigenvalue weighted by atomic mass is 9.72. The van der Waals surface area contributed by atoms with Crippen LogP contribution in [0, 0.1) is 11.3 Å². The van der Waals surface area contributed by atoms with Crippen LogP contribution in [0.3, 0.4) is 0 Å². The van der Waals surface area contributed by atoms with E-state index in [0.29, 0.717) is 17.9 Å². The first kappa shape index (κ1) is 21.6. The Morgan fingerprint density at radius 3 is 2.70 bits per heavy atom. The van der Waals surface area contributed by atoms with Gasteiger partial charge in [0.1, 0.15) is 4.83 Å². The molecule has 1 aliphatic rings. The molecule has 30 heavy (non-hydrogen) atoms. The zero-order chi connectivity index (χ0) is 21.3. The Kier molecular flexibility index (Phi) is 6.40. The van der Waals surface area contributed by atoms with Crippen LogP contribution in [0.2, 0.25) is 0 Å². The van der Waals surface area contributed by atoms with Gasteiger partial charge in [0.05, 0.1) is 11.9 Å². The Morgan fingerprint density at radius 2 is 2.00 bits per heavy atom. The molecule has 3 aromatic rings. The van der Waals surface area contributed by atoms with Crippen molar-refractivity contribution < 1.29 is 0 Å². The molecule has 0 aliphatic heterocycles. The average Bonchev–Trinajstić information content (AvgIpc) is 3.08. The smallest absolute Gasteiger partial charge is 0.263 e. The molecule has 5 heteroatoms. The maximum atomic E-state index is 13.7. The van der Waals surface area contributed by atoms with Gasteiger partial charge < -0.3 is 0 Å². The third-order valence-corrected chi connectivity index (χ3v) is 8.48. The highest BCUT2D eigenvalue weighted by Gasteiger charge is 2.32. The standard InChI is InChI=1S/C25H32N2OS2/c1-5-6-14-29-24-26-22-21(23(28)27(24)16-17-10-8-7-9-11-17)19-13-12-18(25(2,3)4)15-20(19)30-22/h7-11,18H,5-6,12-16H2,1-4H3/t18-/m1/s1. The van der Waals surface area contributed by atoms with E-state index in [9.17, 15) is 4.79 Å². The van der Waals surface area contributed by atoms with E-state index in [0.717, 1.165) is 58.8 Å². The number of hydrogen-bond donors (Lipinski definition) is 0. The first-order valence-electron chi connectivity index (χ1n) is 11.1. The molecular formula is C25H32N2OS2. The second kappa shape index (κ2) is 8.88. The van der Waals surface area contributed by atoms with Crippen molar-refractivity contribution >= 4 is 33.3 Å². The number of aromatic nitrogens is 2. The Balaban J connectivity index is 1.79. The van der Waals surface area contributed by atoms with E-state index in [1.165, 1.54) is 10.4 Å². The molecule has 1 aliphatic carbocycles. The summed E-state index contributed by atoms with van der Waals surface area (Å²) < 4.78 is 1.92. The van der Waals surface area contributed by atoms with Crippen molar-refractivity contribution in [2.45, 2.75) is 71.5 Å². The SMILES string of the molecule is CCCCSc1nc2sc3c(c2c(=O)n1Cc1ccccc1)CC[C@@H](C(C)(C)C)C3. The zero-order valence-corrected chi connectivity index (χ0v) is 20.2. The van der Waals surface area contributed by atoms with Crippen LogP contribution in [0.5, 0.6) is 0 Å². The fraction of sp³-hybridized carbons (Fsp3) is 0.520. The predicted molar refractivity (Wildman–Crippen MR) is 130 cm³/mol. The van der Waals surface area contributed by atoms with Crippen LogP contribution in [-0.2, 0) is 19.4 Å². The van der Waals surface area contributed by atoms with Crippen LogP contribution < -0.4 is 5.56 Å². The summed E-state index contributed by atoms with van der Waals surface area (Å²) in [6.07, 6.45) is 5.53. The molecule has 2 heterocycles. The summed E-state index contributed by atoms with van der Waals surface area (Å²) in [5.74, 6) is 1.67. The lowest BCUT2D eigenvalue weighted by Gasteiger charge is -2.33. The number of benzene rings is 1. The third-order valence-electron chi connectivity index (χ3n) is 6.27. The second-order valence-electron chi connectivity index (χ2n) is 9.46. The van der Waals surface area contributed by atoms with Gasteiger partial charge in [-0.05, 0) is 48.1 Å². The number of hydrogen-bond acceptors (Lipinski definition) is 4. The van der Waals surface area contributed by atoms with Gasteiger partial charge in [0, 0.05) is 10.6 Å². The highest BCUT2D eigenvalue weighted by atomic mass is 32.2. The molecule has 1 atom stereocenters. The molecule has 0 fully saturated rings. The van der Waals surface area contributed by atoms with Gasteiger partial charge >= 0.3 is 0 Å². The van der Waals surface area contributed by atoms with Crippen LogP contribution in [0.4, 0.5) is 0 Å². The van der Waals surface area contributed by atoms with E-state index in [-0.39, 0.29) is 5.56 Å². The molecule has 3 nitrogen and oxygen atoms in total.